The molecule has 7 rings (SSSR count). The Morgan fingerprint density at radius 3 is 2.34 bits per heavy atom. The van der Waals surface area contributed by atoms with Gasteiger partial charge in [-0.1, -0.05) is 46.2 Å². The van der Waals surface area contributed by atoms with Crippen molar-refractivity contribution in [3.8, 4) is 22.4 Å². The fraction of sp³-hybridized carbons (Fsp3) is 0.413. The number of carbonyl (C=O) groups is 4. The number of hydrogen-bond donors (Lipinski definition) is 5. The van der Waals surface area contributed by atoms with Crippen molar-refractivity contribution in [2.24, 2.45) is 11.8 Å². The van der Waals surface area contributed by atoms with Crippen LogP contribution in [-0.2, 0) is 25.5 Å². The Labute approximate surface area is 358 Å². The highest BCUT2D eigenvalue weighted by molar-refractivity contribution is 5.94. The molecule has 0 unspecified atom stereocenters. The van der Waals surface area contributed by atoms with Gasteiger partial charge in [-0.25, -0.2) is 19.6 Å². The van der Waals surface area contributed by atoms with Crippen molar-refractivity contribution in [2.75, 3.05) is 27.3 Å². The highest BCUT2D eigenvalue weighted by Gasteiger charge is 2.38. The smallest absolute Gasteiger partial charge is 0.407 e. The number of nitrogens with one attached hydrogen (secondary N) is 5. The Morgan fingerprint density at radius 1 is 0.871 bits per heavy atom. The zero-order chi connectivity index (χ0) is 44.1. The zero-order valence-corrected chi connectivity index (χ0v) is 35.9. The number of alkyl carbamates (subject to hydrolysis) is 2. The molecule has 0 aliphatic carbocycles. The van der Waals surface area contributed by atoms with E-state index >= 15 is 0 Å². The van der Waals surface area contributed by atoms with Crippen molar-refractivity contribution in [1.82, 2.24) is 40.8 Å². The van der Waals surface area contributed by atoms with Gasteiger partial charge in [0, 0.05) is 25.1 Å². The van der Waals surface area contributed by atoms with E-state index in [0.29, 0.717) is 59.4 Å². The molecule has 1 saturated heterocycles. The van der Waals surface area contributed by atoms with E-state index in [4.69, 9.17) is 14.1 Å². The summed E-state index contributed by atoms with van der Waals surface area (Å²) in [6.07, 6.45) is 4.89. The highest BCUT2D eigenvalue weighted by atomic mass is 16.5. The molecule has 62 heavy (non-hydrogen) atoms. The first-order valence-corrected chi connectivity index (χ1v) is 21.2. The fourth-order valence-electron chi connectivity index (χ4n) is 8.04. The second kappa shape index (κ2) is 18.9. The molecular formula is C46H54N8O8. The largest absolute Gasteiger partial charge is 0.456 e. The normalized spacial score (nSPS) is 15.5. The first kappa shape index (κ1) is 43.4. The molecule has 16 heteroatoms. The number of nitrogens with zero attached hydrogens (tertiary/aromatic N) is 3. The average molecular weight is 847 g/mol. The second-order valence-electron chi connectivity index (χ2n) is 16.2. The molecule has 4 heterocycles. The van der Waals surface area contributed by atoms with Gasteiger partial charge in [0.1, 0.15) is 34.9 Å². The number of benzene rings is 3. The standard InChI is InChI=1S/C46H54N8O8/c1-7-26(4)40(53-46(59)61-6)44(57)54-20-10-11-35(54)42-48-24-34(51-42)29-15-18-36-31(21-29)41(55)30-16-13-28(23-37(30)62-36)27-14-17-32-33(22-27)50-38(49-32)12-8-9-19-47-43(56)39(25(2)3)52-45(58)60-5/h13-18,21-26,35,39-40H,7-12,19-20H2,1-6H3,(H,47,56)(H,48,51)(H,49,50)(H,52,58)(H,53,59)/t26-,35-,39-,40-/m0/s1. The van der Waals surface area contributed by atoms with Crippen LogP contribution in [-0.4, -0.2) is 88.2 Å². The molecule has 326 valence electrons. The fourth-order valence-corrected chi connectivity index (χ4v) is 8.04. The average Bonchev–Trinajstić information content (AvgIpc) is 4.06. The van der Waals surface area contributed by atoms with Gasteiger partial charge in [0.25, 0.3) is 0 Å². The Bertz CT molecular complexity index is 2670. The Kier molecular flexibility index (Phi) is 13.2. The predicted octanol–water partition coefficient (Wildman–Crippen LogP) is 7.13. The van der Waals surface area contributed by atoms with Crippen molar-refractivity contribution in [2.45, 2.75) is 84.3 Å². The number of rotatable bonds is 15. The molecule has 1 aliphatic rings. The first-order chi connectivity index (χ1) is 29.9. The maximum atomic E-state index is 13.9. The van der Waals surface area contributed by atoms with Gasteiger partial charge < -0.3 is 44.7 Å². The number of imidazole rings is 2. The number of aryl methyl sites for hydroxylation is 1. The number of carbonyl (C=O) groups excluding carboxylic acids is 4. The number of H-pyrrole nitrogens is 2. The van der Waals surface area contributed by atoms with Crippen molar-refractivity contribution in [3.05, 3.63) is 82.7 Å². The molecule has 3 aromatic carbocycles. The molecule has 0 spiro atoms. The minimum atomic E-state index is -0.720. The minimum absolute atomic E-state index is 0.0909. The van der Waals surface area contributed by atoms with Crippen LogP contribution in [0.25, 0.3) is 55.4 Å². The molecule has 6 aromatic rings. The van der Waals surface area contributed by atoms with Crippen molar-refractivity contribution in [3.63, 3.8) is 0 Å². The summed E-state index contributed by atoms with van der Waals surface area (Å²) in [6.45, 7) is 8.65. The molecule has 5 N–H and O–H groups in total. The van der Waals surface area contributed by atoms with Crippen molar-refractivity contribution < 1.29 is 33.1 Å². The maximum Gasteiger partial charge on any atom is 0.407 e. The molecule has 0 radical (unpaired) electrons. The lowest BCUT2D eigenvalue weighted by Gasteiger charge is -2.30. The SMILES string of the molecule is CC[C@H](C)[C@H](NC(=O)OC)C(=O)N1CCC[C@H]1c1ncc(-c2ccc3oc4cc(-c5ccc6nc(CCCCNC(=O)[C@@H](NC(=O)OC)C(C)C)[nH]c6c5)ccc4c(=O)c3c2)[nH]1. The van der Waals surface area contributed by atoms with Crippen LogP contribution in [0.5, 0.6) is 0 Å². The van der Waals surface area contributed by atoms with Gasteiger partial charge in [0.2, 0.25) is 17.2 Å². The lowest BCUT2D eigenvalue weighted by molar-refractivity contribution is -0.135. The van der Waals surface area contributed by atoms with E-state index in [1.807, 2.05) is 64.1 Å². The van der Waals surface area contributed by atoms with Crippen LogP contribution in [0.1, 0.15) is 77.5 Å². The molecule has 1 aliphatic heterocycles. The van der Waals surface area contributed by atoms with E-state index in [1.54, 1.807) is 29.3 Å². The van der Waals surface area contributed by atoms with Gasteiger partial charge in [-0.2, -0.15) is 0 Å². The third-order valence-electron chi connectivity index (χ3n) is 11.8. The first-order valence-electron chi connectivity index (χ1n) is 21.2. The lowest BCUT2D eigenvalue weighted by atomic mass is 9.97. The Morgan fingerprint density at radius 2 is 1.60 bits per heavy atom. The summed E-state index contributed by atoms with van der Waals surface area (Å²) in [4.78, 5) is 82.1. The summed E-state index contributed by atoms with van der Waals surface area (Å²) >= 11 is 0. The third-order valence-corrected chi connectivity index (χ3v) is 11.8. The van der Waals surface area contributed by atoms with E-state index < -0.39 is 24.3 Å². The van der Waals surface area contributed by atoms with Crippen molar-refractivity contribution in [1.29, 1.82) is 0 Å². The molecule has 0 saturated carbocycles. The van der Waals surface area contributed by atoms with E-state index in [1.165, 1.54) is 14.2 Å². The van der Waals surface area contributed by atoms with Gasteiger partial charge in [0.15, 0.2) is 0 Å². The number of fused-ring (bicyclic) bond motifs is 3. The van der Waals surface area contributed by atoms with Gasteiger partial charge in [-0.3, -0.25) is 14.4 Å². The molecule has 0 bridgehead atoms. The van der Waals surface area contributed by atoms with Crippen LogP contribution in [0.15, 0.2) is 70.0 Å². The summed E-state index contributed by atoms with van der Waals surface area (Å²) in [5, 5.41) is 9.10. The number of aromatic nitrogens is 4. The quantitative estimate of drug-likeness (QED) is 0.0521. The third kappa shape index (κ3) is 9.28. The summed E-state index contributed by atoms with van der Waals surface area (Å²) in [6, 6.07) is 15.3. The number of amides is 4. The summed E-state index contributed by atoms with van der Waals surface area (Å²) in [5.74, 6) is 0.882. The summed E-state index contributed by atoms with van der Waals surface area (Å²) < 4.78 is 15.8. The van der Waals surface area contributed by atoms with E-state index in [9.17, 15) is 24.0 Å². The zero-order valence-electron chi connectivity index (χ0n) is 35.9. The lowest BCUT2D eigenvalue weighted by Crippen LogP contribution is -2.51. The molecule has 4 amide bonds. The minimum Gasteiger partial charge on any atom is -0.456 e. The second-order valence-corrected chi connectivity index (χ2v) is 16.2. The van der Waals surface area contributed by atoms with E-state index in [-0.39, 0.29) is 35.1 Å². The topological polar surface area (TPSA) is 214 Å². The Hall–Kier alpha value is -6.71. The molecule has 1 fully saturated rings. The number of likely N-dealkylation sites (tertiary alicyclic amines) is 1. The molecule has 16 nitrogen and oxygen atoms in total. The van der Waals surface area contributed by atoms with Crippen LogP contribution in [0.4, 0.5) is 9.59 Å². The van der Waals surface area contributed by atoms with E-state index in [2.05, 4.69) is 35.6 Å². The number of ether oxygens (including phenoxy) is 2. The molecular weight excluding hydrogens is 793 g/mol. The maximum absolute atomic E-state index is 13.9. The van der Waals surface area contributed by atoms with Crippen LogP contribution < -0.4 is 21.4 Å². The van der Waals surface area contributed by atoms with Crippen LogP contribution in [0.3, 0.4) is 0 Å². The Balaban J connectivity index is 1.02. The van der Waals surface area contributed by atoms with Crippen molar-refractivity contribution >= 4 is 57.0 Å². The predicted molar refractivity (Wildman–Crippen MR) is 235 cm³/mol. The number of aromatic amines is 2. The monoisotopic (exact) mass is 846 g/mol. The van der Waals surface area contributed by atoms with Gasteiger partial charge >= 0.3 is 12.2 Å². The van der Waals surface area contributed by atoms with Crippen LogP contribution in [0, 0.1) is 11.8 Å². The number of unbranched alkanes of at least 4 members (excludes halogenated alkanes) is 1. The van der Waals surface area contributed by atoms with Crippen LogP contribution >= 0.6 is 0 Å². The van der Waals surface area contributed by atoms with E-state index in [0.717, 1.165) is 59.2 Å². The summed E-state index contributed by atoms with van der Waals surface area (Å²) in [7, 11) is 2.55. The summed E-state index contributed by atoms with van der Waals surface area (Å²) in [5.41, 5.74) is 5.76. The van der Waals surface area contributed by atoms with Crippen LogP contribution in [0.2, 0.25) is 0 Å². The molecule has 3 aromatic heterocycles. The molecule has 4 atom stereocenters. The number of methoxy groups -OCH3 is 2. The van der Waals surface area contributed by atoms with Gasteiger partial charge in [0.05, 0.1) is 54.0 Å². The van der Waals surface area contributed by atoms with Gasteiger partial charge in [-0.05, 0) is 91.1 Å². The highest BCUT2D eigenvalue weighted by Crippen LogP contribution is 2.34. The van der Waals surface area contributed by atoms with Gasteiger partial charge in [-0.15, -0.1) is 0 Å². The number of hydrogen-bond acceptors (Lipinski definition) is 10.